The molecular weight excluding hydrogens is 564 g/mol. The molecule has 3 nitrogen and oxygen atoms in total. The molecule has 0 aromatic heterocycles. The second-order valence-electron chi connectivity index (χ2n) is 18.2. The summed E-state index contributed by atoms with van der Waals surface area (Å²) in [5, 5.41) is 9.63. The van der Waals surface area contributed by atoms with E-state index in [4.69, 9.17) is 9.47 Å². The molecule has 1 saturated heterocycles. The van der Waals surface area contributed by atoms with Gasteiger partial charge in [-0.25, -0.2) is 0 Å². The van der Waals surface area contributed by atoms with E-state index in [1.54, 1.807) is 0 Å². The van der Waals surface area contributed by atoms with Crippen molar-refractivity contribution in [3.63, 3.8) is 0 Å². The third-order valence-corrected chi connectivity index (χ3v) is 13.8. The van der Waals surface area contributed by atoms with Crippen molar-refractivity contribution in [2.75, 3.05) is 19.8 Å². The maximum atomic E-state index is 9.63. The van der Waals surface area contributed by atoms with Crippen molar-refractivity contribution in [3.05, 3.63) is 0 Å². The van der Waals surface area contributed by atoms with Gasteiger partial charge in [0.05, 0.1) is 19.8 Å². The standard InChI is InChI=1S/C43H82O3/c1-10-13-38-16-12-17-39-15-11-14-34(7)40(32(4)5)22-19-35(8)42(39)23-20-36(9)41(38)21-18-33(6)25-27-43(26-24-31(2)3)45-29-37(28-44)30-46-43/h31-42,44H,10-30H2,1-9H3. The van der Waals surface area contributed by atoms with E-state index in [0.717, 1.165) is 72.5 Å². The minimum atomic E-state index is -0.436. The van der Waals surface area contributed by atoms with Crippen molar-refractivity contribution in [3.8, 4) is 0 Å². The molecule has 0 radical (unpaired) electrons. The highest BCUT2D eigenvalue weighted by atomic mass is 16.7. The van der Waals surface area contributed by atoms with E-state index in [2.05, 4.69) is 62.3 Å². The summed E-state index contributed by atoms with van der Waals surface area (Å²) in [4.78, 5) is 0. The Morgan fingerprint density at radius 1 is 0.696 bits per heavy atom. The molecule has 272 valence electrons. The summed E-state index contributed by atoms with van der Waals surface area (Å²) in [5.74, 6) is 9.08. The molecule has 46 heavy (non-hydrogen) atoms. The predicted molar refractivity (Wildman–Crippen MR) is 198 cm³/mol. The molecule has 3 aliphatic rings. The fraction of sp³-hybridized carbons (Fsp3) is 1.00. The fourth-order valence-corrected chi connectivity index (χ4v) is 10.4. The number of aliphatic hydroxyl groups is 1. The average molecular weight is 647 g/mol. The smallest absolute Gasteiger partial charge is 0.168 e. The lowest BCUT2D eigenvalue weighted by Crippen LogP contribution is -2.45. The minimum Gasteiger partial charge on any atom is -0.396 e. The first-order chi connectivity index (χ1) is 22.0. The summed E-state index contributed by atoms with van der Waals surface area (Å²) >= 11 is 0. The van der Waals surface area contributed by atoms with Gasteiger partial charge in [0.2, 0.25) is 0 Å². The number of hydrogen-bond acceptors (Lipinski definition) is 3. The van der Waals surface area contributed by atoms with Gasteiger partial charge in [-0.05, 0) is 97.2 Å². The van der Waals surface area contributed by atoms with Crippen LogP contribution in [0.25, 0.3) is 0 Å². The quantitative estimate of drug-likeness (QED) is 0.216. The van der Waals surface area contributed by atoms with Gasteiger partial charge >= 0.3 is 0 Å². The van der Waals surface area contributed by atoms with E-state index in [1.807, 2.05) is 0 Å². The van der Waals surface area contributed by atoms with Crippen LogP contribution in [0, 0.1) is 71.0 Å². The van der Waals surface area contributed by atoms with Crippen molar-refractivity contribution < 1.29 is 14.6 Å². The molecular formula is C43H82O3. The zero-order valence-corrected chi connectivity index (χ0v) is 32.5. The van der Waals surface area contributed by atoms with E-state index in [9.17, 15) is 5.11 Å². The molecule has 0 aromatic carbocycles. The first-order valence-corrected chi connectivity index (χ1v) is 20.9. The zero-order chi connectivity index (χ0) is 33.7. The number of ether oxygens (including phenoxy) is 2. The molecule has 0 spiro atoms. The van der Waals surface area contributed by atoms with Crippen molar-refractivity contribution in [2.24, 2.45) is 71.0 Å². The van der Waals surface area contributed by atoms with Crippen LogP contribution in [-0.4, -0.2) is 30.7 Å². The molecule has 2 saturated carbocycles. The maximum absolute atomic E-state index is 9.63. The molecule has 1 N–H and O–H groups in total. The summed E-state index contributed by atoms with van der Waals surface area (Å²) in [6.45, 7) is 23.8. The first kappa shape index (κ1) is 40.3. The summed E-state index contributed by atoms with van der Waals surface area (Å²) in [5.41, 5.74) is 0. The van der Waals surface area contributed by atoms with Crippen LogP contribution in [0.3, 0.4) is 0 Å². The van der Waals surface area contributed by atoms with Crippen LogP contribution < -0.4 is 0 Å². The number of aliphatic hydroxyl groups excluding tert-OH is 1. The van der Waals surface area contributed by atoms with Gasteiger partial charge in [-0.3, -0.25) is 0 Å². The van der Waals surface area contributed by atoms with Gasteiger partial charge < -0.3 is 14.6 Å². The summed E-state index contributed by atoms with van der Waals surface area (Å²) in [6, 6.07) is 0. The molecule has 1 aliphatic heterocycles. The molecule has 9 atom stereocenters. The number of fused-ring (bicyclic) bond motifs is 1. The topological polar surface area (TPSA) is 38.7 Å². The zero-order valence-electron chi connectivity index (χ0n) is 32.5. The van der Waals surface area contributed by atoms with Gasteiger partial charge in [0, 0.05) is 18.8 Å². The van der Waals surface area contributed by atoms with E-state index in [0.29, 0.717) is 25.0 Å². The Morgan fingerprint density at radius 2 is 1.35 bits per heavy atom. The van der Waals surface area contributed by atoms with Crippen LogP contribution in [0.2, 0.25) is 0 Å². The highest BCUT2D eigenvalue weighted by Gasteiger charge is 2.38. The van der Waals surface area contributed by atoms with Crippen LogP contribution in [0.4, 0.5) is 0 Å². The minimum absolute atomic E-state index is 0.129. The highest BCUT2D eigenvalue weighted by molar-refractivity contribution is 4.85. The molecule has 0 bridgehead atoms. The molecule has 9 unspecified atom stereocenters. The lowest BCUT2D eigenvalue weighted by Gasteiger charge is -2.41. The Balaban J connectivity index is 1.63. The second-order valence-corrected chi connectivity index (χ2v) is 18.2. The van der Waals surface area contributed by atoms with Gasteiger partial charge in [0.15, 0.2) is 5.79 Å². The lowest BCUT2D eigenvalue weighted by molar-refractivity contribution is -0.293. The largest absolute Gasteiger partial charge is 0.396 e. The van der Waals surface area contributed by atoms with Gasteiger partial charge in [-0.1, -0.05) is 133 Å². The van der Waals surface area contributed by atoms with E-state index in [-0.39, 0.29) is 12.5 Å². The van der Waals surface area contributed by atoms with Crippen LogP contribution in [-0.2, 0) is 9.47 Å². The third kappa shape index (κ3) is 12.6. The van der Waals surface area contributed by atoms with E-state index >= 15 is 0 Å². The van der Waals surface area contributed by atoms with Crippen molar-refractivity contribution in [2.45, 2.75) is 184 Å². The van der Waals surface area contributed by atoms with Gasteiger partial charge in [0.1, 0.15) is 0 Å². The Bertz CT molecular complexity index is 785. The lowest BCUT2D eigenvalue weighted by atomic mass is 9.65. The molecule has 3 rings (SSSR count). The van der Waals surface area contributed by atoms with Gasteiger partial charge in [-0.2, -0.15) is 0 Å². The van der Waals surface area contributed by atoms with E-state index in [1.165, 1.54) is 96.3 Å². The van der Waals surface area contributed by atoms with E-state index < -0.39 is 5.79 Å². The van der Waals surface area contributed by atoms with Crippen molar-refractivity contribution in [1.29, 1.82) is 0 Å². The van der Waals surface area contributed by atoms with Crippen LogP contribution in [0.15, 0.2) is 0 Å². The Hall–Kier alpha value is -0.120. The third-order valence-electron chi connectivity index (χ3n) is 13.8. The van der Waals surface area contributed by atoms with Crippen molar-refractivity contribution >= 4 is 0 Å². The summed E-state index contributed by atoms with van der Waals surface area (Å²) in [6.07, 6.45) is 24.4. The van der Waals surface area contributed by atoms with Gasteiger partial charge in [-0.15, -0.1) is 0 Å². The summed E-state index contributed by atoms with van der Waals surface area (Å²) < 4.78 is 12.8. The predicted octanol–water partition coefficient (Wildman–Crippen LogP) is 12.3. The SMILES string of the molecule is CCCC1CCCC2CCCC(C)C(C(C)C)CCC(C)C2CCC(C)C1CCC(C)CCC1(CCC(C)C)OCC(CO)CO1. The fourth-order valence-electron chi connectivity index (χ4n) is 10.4. The second kappa shape index (κ2) is 20.5. The molecule has 2 aliphatic carbocycles. The Morgan fingerprint density at radius 3 is 1.98 bits per heavy atom. The van der Waals surface area contributed by atoms with Crippen LogP contribution in [0.5, 0.6) is 0 Å². The van der Waals surface area contributed by atoms with Crippen molar-refractivity contribution in [1.82, 2.24) is 0 Å². The highest BCUT2D eigenvalue weighted by Crippen LogP contribution is 2.45. The Kier molecular flexibility index (Phi) is 18.0. The first-order valence-electron chi connectivity index (χ1n) is 20.9. The van der Waals surface area contributed by atoms with Gasteiger partial charge in [0.25, 0.3) is 0 Å². The summed E-state index contributed by atoms with van der Waals surface area (Å²) in [7, 11) is 0. The van der Waals surface area contributed by atoms with Crippen LogP contribution >= 0.6 is 0 Å². The average Bonchev–Trinajstić information content (AvgIpc) is 3.02. The molecule has 0 aromatic rings. The molecule has 1 heterocycles. The normalized spacial score (nSPS) is 38.0. The monoisotopic (exact) mass is 647 g/mol. The molecule has 3 heteroatoms. The molecule has 0 amide bonds. The van der Waals surface area contributed by atoms with Crippen LogP contribution in [0.1, 0.15) is 178 Å². The Labute approximate surface area is 288 Å². The number of rotatable bonds is 13. The number of hydrogen-bond donors (Lipinski definition) is 1. The molecule has 3 fully saturated rings. The maximum Gasteiger partial charge on any atom is 0.168 e.